The second-order valence-electron chi connectivity index (χ2n) is 6.32. The van der Waals surface area contributed by atoms with Crippen LogP contribution in [0.3, 0.4) is 0 Å². The molecule has 0 bridgehead atoms. The van der Waals surface area contributed by atoms with Crippen LogP contribution in [0.4, 0.5) is 8.78 Å². The van der Waals surface area contributed by atoms with E-state index in [9.17, 15) is 8.78 Å². The van der Waals surface area contributed by atoms with Gasteiger partial charge in [0.15, 0.2) is 5.82 Å². The second kappa shape index (κ2) is 5.78. The zero-order chi connectivity index (χ0) is 15.7. The van der Waals surface area contributed by atoms with Gasteiger partial charge in [-0.15, -0.1) is 0 Å². The van der Waals surface area contributed by atoms with E-state index in [1.165, 1.54) is 16.8 Å². The molecule has 3 rings (SSSR count). The van der Waals surface area contributed by atoms with Crippen LogP contribution in [-0.2, 0) is 6.54 Å². The Hall–Kier alpha value is -1.79. The predicted molar refractivity (Wildman–Crippen MR) is 80.5 cm³/mol. The first-order valence-electron chi connectivity index (χ1n) is 7.41. The van der Waals surface area contributed by atoms with E-state index in [0.29, 0.717) is 13.1 Å². The fraction of sp³-hybridized carbons (Fsp3) is 0.438. The van der Waals surface area contributed by atoms with Crippen LogP contribution in [0.1, 0.15) is 19.0 Å². The van der Waals surface area contributed by atoms with Gasteiger partial charge in [0, 0.05) is 25.4 Å². The molecule has 0 aliphatic carbocycles. The van der Waals surface area contributed by atoms with E-state index in [0.717, 1.165) is 31.3 Å². The van der Waals surface area contributed by atoms with Gasteiger partial charge >= 0.3 is 0 Å². The third kappa shape index (κ3) is 3.03. The van der Waals surface area contributed by atoms with E-state index in [1.807, 2.05) is 6.07 Å². The highest BCUT2D eigenvalue weighted by Gasteiger charge is 2.32. The highest BCUT2D eigenvalue weighted by atomic mass is 19.1. The van der Waals surface area contributed by atoms with Gasteiger partial charge in [-0.1, -0.05) is 6.92 Å². The molecule has 0 spiro atoms. The van der Waals surface area contributed by atoms with E-state index in [-0.39, 0.29) is 11.1 Å². The van der Waals surface area contributed by atoms with Crippen molar-refractivity contribution in [3.8, 4) is 5.69 Å². The maximum absolute atomic E-state index is 13.8. The molecule has 1 aliphatic heterocycles. The quantitative estimate of drug-likeness (QED) is 0.943. The van der Waals surface area contributed by atoms with Gasteiger partial charge in [0.1, 0.15) is 11.5 Å². The van der Waals surface area contributed by atoms with Gasteiger partial charge < -0.3 is 5.73 Å². The van der Waals surface area contributed by atoms with Crippen molar-refractivity contribution in [2.24, 2.45) is 11.1 Å². The van der Waals surface area contributed by atoms with Crippen LogP contribution in [0.25, 0.3) is 5.69 Å². The van der Waals surface area contributed by atoms with Gasteiger partial charge in [-0.05, 0) is 43.1 Å². The number of hydrogen-bond donors (Lipinski definition) is 1. The Morgan fingerprint density at radius 2 is 2.14 bits per heavy atom. The van der Waals surface area contributed by atoms with Gasteiger partial charge in [-0.3, -0.25) is 4.90 Å². The second-order valence-corrected chi connectivity index (χ2v) is 6.32. The lowest BCUT2D eigenvalue weighted by atomic mass is 9.90. The van der Waals surface area contributed by atoms with Gasteiger partial charge in [0.05, 0.1) is 5.69 Å². The number of nitrogens with zero attached hydrogens (tertiary/aromatic N) is 3. The highest BCUT2D eigenvalue weighted by molar-refractivity contribution is 5.33. The highest BCUT2D eigenvalue weighted by Crippen LogP contribution is 2.29. The summed E-state index contributed by atoms with van der Waals surface area (Å²) >= 11 is 0. The van der Waals surface area contributed by atoms with Gasteiger partial charge in [0.2, 0.25) is 0 Å². The summed E-state index contributed by atoms with van der Waals surface area (Å²) in [7, 11) is 0. The smallest absolute Gasteiger partial charge is 0.151 e. The van der Waals surface area contributed by atoms with Crippen LogP contribution in [0.2, 0.25) is 0 Å². The van der Waals surface area contributed by atoms with Crippen LogP contribution in [0.15, 0.2) is 30.5 Å². The number of likely N-dealkylation sites (tertiary alicyclic amines) is 1. The van der Waals surface area contributed by atoms with Crippen molar-refractivity contribution in [1.82, 2.24) is 14.7 Å². The summed E-state index contributed by atoms with van der Waals surface area (Å²) in [5.74, 6) is -1.21. The van der Waals surface area contributed by atoms with Crippen molar-refractivity contribution in [3.63, 3.8) is 0 Å². The zero-order valence-electron chi connectivity index (χ0n) is 12.6. The van der Waals surface area contributed by atoms with E-state index in [4.69, 9.17) is 5.73 Å². The Morgan fingerprint density at radius 1 is 1.32 bits per heavy atom. The first-order valence-corrected chi connectivity index (χ1v) is 7.41. The van der Waals surface area contributed by atoms with Crippen molar-refractivity contribution in [2.75, 3.05) is 19.6 Å². The van der Waals surface area contributed by atoms with Gasteiger partial charge in [0.25, 0.3) is 0 Å². The number of aromatic nitrogens is 2. The minimum absolute atomic E-state index is 0.172. The molecule has 0 radical (unpaired) electrons. The molecule has 0 amide bonds. The number of benzene rings is 1. The molecule has 118 valence electrons. The largest absolute Gasteiger partial charge is 0.330 e. The molecule has 1 fully saturated rings. The molecule has 1 aromatic carbocycles. The number of hydrogen-bond acceptors (Lipinski definition) is 3. The first kappa shape index (κ1) is 15.1. The Morgan fingerprint density at radius 3 is 2.82 bits per heavy atom. The predicted octanol–water partition coefficient (Wildman–Crippen LogP) is 2.32. The lowest BCUT2D eigenvalue weighted by molar-refractivity contribution is 0.271. The summed E-state index contributed by atoms with van der Waals surface area (Å²) in [6, 6.07) is 5.35. The number of nitrogens with two attached hydrogens (primary N) is 1. The fourth-order valence-electron chi connectivity index (χ4n) is 2.90. The molecular weight excluding hydrogens is 286 g/mol. The molecule has 2 heterocycles. The molecule has 1 unspecified atom stereocenters. The summed E-state index contributed by atoms with van der Waals surface area (Å²) in [6.45, 7) is 5.52. The van der Waals surface area contributed by atoms with Crippen molar-refractivity contribution in [3.05, 3.63) is 47.8 Å². The standard InChI is InChI=1S/C16H20F2N4/c1-16(10-19)5-7-21(11-16)9-13-4-6-22(20-13)15-3-2-12(17)8-14(15)18/h2-4,6,8H,5,7,9-11,19H2,1H3. The maximum Gasteiger partial charge on any atom is 0.151 e. The van der Waals surface area contributed by atoms with E-state index >= 15 is 0 Å². The number of rotatable bonds is 4. The third-order valence-electron chi connectivity index (χ3n) is 4.32. The molecule has 22 heavy (non-hydrogen) atoms. The molecular formula is C16H20F2N4. The molecule has 4 nitrogen and oxygen atoms in total. The van der Waals surface area contributed by atoms with Crippen LogP contribution < -0.4 is 5.73 Å². The lowest BCUT2D eigenvalue weighted by Crippen LogP contribution is -2.31. The van der Waals surface area contributed by atoms with Crippen LogP contribution in [0, 0.1) is 17.0 Å². The summed E-state index contributed by atoms with van der Waals surface area (Å²) in [5, 5.41) is 4.39. The summed E-state index contributed by atoms with van der Waals surface area (Å²) in [4.78, 5) is 2.31. The molecule has 6 heteroatoms. The summed E-state index contributed by atoms with van der Waals surface area (Å²) < 4.78 is 28.2. The third-order valence-corrected chi connectivity index (χ3v) is 4.32. The van der Waals surface area contributed by atoms with Crippen LogP contribution in [-0.4, -0.2) is 34.3 Å². The van der Waals surface area contributed by atoms with Crippen molar-refractivity contribution in [2.45, 2.75) is 19.9 Å². The van der Waals surface area contributed by atoms with E-state index < -0.39 is 11.6 Å². The lowest BCUT2D eigenvalue weighted by Gasteiger charge is -2.22. The Balaban J connectivity index is 1.72. The topological polar surface area (TPSA) is 47.1 Å². The Labute approximate surface area is 128 Å². The van der Waals surface area contributed by atoms with Crippen molar-refractivity contribution >= 4 is 0 Å². The van der Waals surface area contributed by atoms with Crippen LogP contribution in [0.5, 0.6) is 0 Å². The first-order chi connectivity index (χ1) is 10.5. The Kier molecular flexibility index (Phi) is 3.97. The molecule has 1 aromatic heterocycles. The average Bonchev–Trinajstić information content (AvgIpc) is 3.07. The van der Waals surface area contributed by atoms with Crippen molar-refractivity contribution in [1.29, 1.82) is 0 Å². The monoisotopic (exact) mass is 306 g/mol. The van der Waals surface area contributed by atoms with Crippen LogP contribution >= 0.6 is 0 Å². The molecule has 1 aliphatic rings. The average molecular weight is 306 g/mol. The zero-order valence-corrected chi connectivity index (χ0v) is 12.6. The molecule has 1 saturated heterocycles. The SMILES string of the molecule is CC1(CN)CCN(Cc2ccn(-c3ccc(F)cc3F)n2)C1. The van der Waals surface area contributed by atoms with E-state index in [2.05, 4.69) is 16.9 Å². The minimum Gasteiger partial charge on any atom is -0.330 e. The summed E-state index contributed by atoms with van der Waals surface area (Å²) in [6.07, 6.45) is 2.78. The molecule has 0 saturated carbocycles. The fourth-order valence-corrected chi connectivity index (χ4v) is 2.90. The maximum atomic E-state index is 13.8. The molecule has 1 atom stereocenters. The van der Waals surface area contributed by atoms with Crippen molar-refractivity contribution < 1.29 is 8.78 Å². The number of halogens is 2. The molecule has 2 aromatic rings. The van der Waals surface area contributed by atoms with E-state index in [1.54, 1.807) is 6.20 Å². The van der Waals surface area contributed by atoms with Gasteiger partial charge in [-0.25, -0.2) is 13.5 Å². The Bertz CT molecular complexity index is 670. The minimum atomic E-state index is -0.619. The van der Waals surface area contributed by atoms with Gasteiger partial charge in [-0.2, -0.15) is 5.10 Å². The summed E-state index contributed by atoms with van der Waals surface area (Å²) in [5.41, 5.74) is 7.10. The molecule has 2 N–H and O–H groups in total. The normalized spacial score (nSPS) is 22.4.